The highest BCUT2D eigenvalue weighted by molar-refractivity contribution is 8.16. The van der Waals surface area contributed by atoms with Crippen LogP contribution in [0.1, 0.15) is 19.4 Å². The highest BCUT2D eigenvalue weighted by atomic mass is 32.2. The summed E-state index contributed by atoms with van der Waals surface area (Å²) in [5.41, 5.74) is 4.04. The maximum Gasteiger partial charge on any atom is 0.250 e. The van der Waals surface area contributed by atoms with Crippen molar-refractivity contribution in [2.75, 3.05) is 16.4 Å². The average Bonchev–Trinajstić information content (AvgIpc) is 3.37. The summed E-state index contributed by atoms with van der Waals surface area (Å²) in [4.78, 5) is 23.3. The number of anilines is 1. The third kappa shape index (κ3) is 3.97. The van der Waals surface area contributed by atoms with Crippen LogP contribution in [0.15, 0.2) is 47.5 Å². The Morgan fingerprint density at radius 1 is 1.16 bits per heavy atom. The minimum Gasteiger partial charge on any atom is -0.316 e. The monoisotopic (exact) mass is 485 g/mol. The number of amides is 1. The fourth-order valence-electron chi connectivity index (χ4n) is 4.01. The Labute approximate surface area is 195 Å². The molecule has 0 aliphatic carbocycles. The van der Waals surface area contributed by atoms with Crippen LogP contribution in [-0.2, 0) is 14.6 Å². The number of carbonyl (C=O) groups excluding carboxylic acids is 1. The highest BCUT2D eigenvalue weighted by Gasteiger charge is 2.49. The number of rotatable bonds is 3. The van der Waals surface area contributed by atoms with Crippen LogP contribution in [0, 0.1) is 12.8 Å². The van der Waals surface area contributed by atoms with Gasteiger partial charge >= 0.3 is 0 Å². The Morgan fingerprint density at radius 2 is 1.91 bits per heavy atom. The third-order valence-electron chi connectivity index (χ3n) is 5.70. The number of aryl methyl sites for hydroxylation is 1. The molecule has 0 unspecified atom stereocenters. The molecule has 2 aromatic carbocycles. The molecule has 3 heterocycles. The Hall–Kier alpha value is -2.23. The van der Waals surface area contributed by atoms with Crippen LogP contribution in [0.2, 0.25) is 0 Å². The number of aromatic nitrogens is 1. The van der Waals surface area contributed by atoms with Gasteiger partial charge in [0.15, 0.2) is 15.0 Å². The maximum atomic E-state index is 12.3. The minimum absolute atomic E-state index is 0.0819. The standard InChI is InChI=1S/C23H23N3O3S3/c1-13(2)21(27)25-23-26(18-11-32(28,29)12-20(18)31-23)16-7-5-15(6-8-16)22-24-17-9-4-14(3)10-19(17)30-22/h4-10,13,18,20H,11-12H2,1-3H3/t18-,20-/m1/s1. The van der Waals surface area contributed by atoms with Gasteiger partial charge in [-0.25, -0.2) is 13.4 Å². The van der Waals surface area contributed by atoms with E-state index in [4.69, 9.17) is 4.98 Å². The molecular formula is C23H23N3O3S3. The van der Waals surface area contributed by atoms with Gasteiger partial charge in [-0.1, -0.05) is 31.7 Å². The molecule has 2 atom stereocenters. The molecule has 1 amide bonds. The molecule has 3 aromatic rings. The second-order valence-electron chi connectivity index (χ2n) is 8.59. The molecule has 0 spiro atoms. The number of aliphatic imine (C=N–C) groups is 1. The third-order valence-corrected chi connectivity index (χ3v) is 9.98. The number of sulfone groups is 1. The lowest BCUT2D eigenvalue weighted by atomic mass is 10.1. The van der Waals surface area contributed by atoms with Crippen LogP contribution < -0.4 is 4.90 Å². The van der Waals surface area contributed by atoms with E-state index in [1.54, 1.807) is 11.3 Å². The smallest absolute Gasteiger partial charge is 0.250 e. The molecule has 2 aliphatic heterocycles. The summed E-state index contributed by atoms with van der Waals surface area (Å²) in [6, 6.07) is 14.0. The van der Waals surface area contributed by atoms with E-state index in [1.807, 2.05) is 49.1 Å². The maximum absolute atomic E-state index is 12.3. The molecule has 9 heteroatoms. The largest absolute Gasteiger partial charge is 0.316 e. The number of nitrogens with zero attached hydrogens (tertiary/aromatic N) is 3. The van der Waals surface area contributed by atoms with E-state index in [1.165, 1.54) is 17.3 Å². The minimum atomic E-state index is -3.09. The van der Waals surface area contributed by atoms with E-state index in [9.17, 15) is 13.2 Å². The van der Waals surface area contributed by atoms with Gasteiger partial charge < -0.3 is 4.90 Å². The molecule has 1 aromatic heterocycles. The van der Waals surface area contributed by atoms with Gasteiger partial charge in [-0.05, 0) is 48.9 Å². The summed E-state index contributed by atoms with van der Waals surface area (Å²) in [7, 11) is -3.09. The molecule has 2 saturated heterocycles. The van der Waals surface area contributed by atoms with Crippen molar-refractivity contribution in [2.24, 2.45) is 10.9 Å². The number of thioether (sulfide) groups is 1. The normalized spacial score (nSPS) is 23.4. The quantitative estimate of drug-likeness (QED) is 0.542. The predicted molar refractivity (Wildman–Crippen MR) is 133 cm³/mol. The van der Waals surface area contributed by atoms with E-state index in [0.29, 0.717) is 5.17 Å². The number of fused-ring (bicyclic) bond motifs is 2. The van der Waals surface area contributed by atoms with Gasteiger partial charge in [-0.2, -0.15) is 4.99 Å². The Kier molecular flexibility index (Phi) is 5.38. The molecule has 166 valence electrons. The molecular weight excluding hydrogens is 462 g/mol. The molecule has 2 aliphatic rings. The number of amidine groups is 1. The summed E-state index contributed by atoms with van der Waals surface area (Å²) >= 11 is 3.06. The zero-order valence-corrected chi connectivity index (χ0v) is 20.4. The van der Waals surface area contributed by atoms with E-state index in [0.717, 1.165) is 26.5 Å². The summed E-state index contributed by atoms with van der Waals surface area (Å²) in [5, 5.41) is 1.43. The zero-order valence-electron chi connectivity index (χ0n) is 18.0. The van der Waals surface area contributed by atoms with Crippen LogP contribution in [-0.4, -0.2) is 47.3 Å². The first-order chi connectivity index (χ1) is 15.2. The lowest BCUT2D eigenvalue weighted by Crippen LogP contribution is -2.37. The SMILES string of the molecule is Cc1ccc2nc(-c3ccc(N4C(=NC(=O)C(C)C)S[C@@H]5CS(=O)(=O)C[C@H]54)cc3)sc2c1. The van der Waals surface area contributed by atoms with Gasteiger partial charge in [0.2, 0.25) is 0 Å². The summed E-state index contributed by atoms with van der Waals surface area (Å²) in [6.45, 7) is 5.70. The molecule has 0 bridgehead atoms. The van der Waals surface area contributed by atoms with Crippen LogP contribution in [0.5, 0.6) is 0 Å². The van der Waals surface area contributed by atoms with Crippen LogP contribution >= 0.6 is 23.1 Å². The van der Waals surface area contributed by atoms with Gasteiger partial charge in [-0.15, -0.1) is 11.3 Å². The van der Waals surface area contributed by atoms with Crippen molar-refractivity contribution in [3.05, 3.63) is 48.0 Å². The molecule has 0 saturated carbocycles. The molecule has 32 heavy (non-hydrogen) atoms. The topological polar surface area (TPSA) is 79.7 Å². The first-order valence-electron chi connectivity index (χ1n) is 10.5. The summed E-state index contributed by atoms with van der Waals surface area (Å²) in [5.74, 6) is -0.198. The van der Waals surface area contributed by atoms with Crippen molar-refractivity contribution in [3.8, 4) is 10.6 Å². The lowest BCUT2D eigenvalue weighted by Gasteiger charge is -2.24. The lowest BCUT2D eigenvalue weighted by molar-refractivity contribution is -0.120. The fraction of sp³-hybridized carbons (Fsp3) is 0.348. The second kappa shape index (κ2) is 7.97. The summed E-state index contributed by atoms with van der Waals surface area (Å²) in [6.07, 6.45) is 0. The van der Waals surface area contributed by atoms with Gasteiger partial charge in [0.05, 0.1) is 27.8 Å². The van der Waals surface area contributed by atoms with E-state index in [2.05, 4.69) is 24.0 Å². The number of hydrogen-bond donors (Lipinski definition) is 0. The van der Waals surface area contributed by atoms with Crippen molar-refractivity contribution in [1.29, 1.82) is 0 Å². The van der Waals surface area contributed by atoms with Crippen molar-refractivity contribution in [1.82, 2.24) is 4.98 Å². The van der Waals surface area contributed by atoms with Crippen molar-refractivity contribution < 1.29 is 13.2 Å². The fourth-order valence-corrected chi connectivity index (χ4v) is 9.00. The molecule has 6 nitrogen and oxygen atoms in total. The van der Waals surface area contributed by atoms with Crippen LogP contribution in [0.3, 0.4) is 0 Å². The number of benzene rings is 2. The van der Waals surface area contributed by atoms with Gasteiger partial charge in [0.1, 0.15) is 5.01 Å². The number of carbonyl (C=O) groups is 1. The van der Waals surface area contributed by atoms with E-state index < -0.39 is 9.84 Å². The van der Waals surface area contributed by atoms with E-state index >= 15 is 0 Å². The first-order valence-corrected chi connectivity index (χ1v) is 14.0. The van der Waals surface area contributed by atoms with Crippen LogP contribution in [0.4, 0.5) is 5.69 Å². The van der Waals surface area contributed by atoms with Crippen LogP contribution in [0.25, 0.3) is 20.8 Å². The number of hydrogen-bond acceptors (Lipinski definition) is 6. The average molecular weight is 486 g/mol. The van der Waals surface area contributed by atoms with Crippen molar-refractivity contribution in [2.45, 2.75) is 32.1 Å². The Balaban J connectivity index is 1.50. The molecule has 2 fully saturated rings. The van der Waals surface area contributed by atoms with Gasteiger partial charge in [0.25, 0.3) is 5.91 Å². The zero-order chi connectivity index (χ0) is 22.6. The summed E-state index contributed by atoms with van der Waals surface area (Å²) < 4.78 is 25.7. The van der Waals surface area contributed by atoms with Crippen molar-refractivity contribution >= 4 is 59.9 Å². The highest BCUT2D eigenvalue weighted by Crippen LogP contribution is 2.41. The molecule has 0 N–H and O–H groups in total. The second-order valence-corrected chi connectivity index (χ2v) is 13.0. The first kappa shape index (κ1) is 21.6. The molecule has 5 rings (SSSR count). The van der Waals surface area contributed by atoms with E-state index in [-0.39, 0.29) is 34.6 Å². The van der Waals surface area contributed by atoms with Gasteiger partial charge in [-0.3, -0.25) is 4.79 Å². The van der Waals surface area contributed by atoms with Gasteiger partial charge in [0, 0.05) is 22.4 Å². The Morgan fingerprint density at radius 3 is 2.62 bits per heavy atom. The van der Waals surface area contributed by atoms with Crippen molar-refractivity contribution in [3.63, 3.8) is 0 Å². The predicted octanol–water partition coefficient (Wildman–Crippen LogP) is 4.53. The molecule has 0 radical (unpaired) electrons. The number of thiazole rings is 1. The Bertz CT molecular complexity index is 1340.